The van der Waals surface area contributed by atoms with Crippen LogP contribution in [0.3, 0.4) is 0 Å². The van der Waals surface area contributed by atoms with Crippen LogP contribution < -0.4 is 103 Å². The SMILES string of the molecule is [K+].[K+].[S-]CCC[S-]. The number of rotatable bonds is 2. The van der Waals surface area contributed by atoms with Crippen LogP contribution in [0.25, 0.3) is 0 Å². The van der Waals surface area contributed by atoms with Gasteiger partial charge in [0.2, 0.25) is 0 Å². The average Bonchev–Trinajstić information content (AvgIpc) is 1.41. The fourth-order valence-corrected chi connectivity index (χ4v) is 0.530. The summed E-state index contributed by atoms with van der Waals surface area (Å²) in [6, 6.07) is 0. The van der Waals surface area contributed by atoms with E-state index in [0.717, 1.165) is 17.9 Å². The molecule has 0 bridgehead atoms. The summed E-state index contributed by atoms with van der Waals surface area (Å²) in [4.78, 5) is 0. The van der Waals surface area contributed by atoms with Gasteiger partial charge in [-0.15, -0.1) is 0 Å². The molecule has 0 radical (unpaired) electrons. The third-order valence-electron chi connectivity index (χ3n) is 0.289. The molecule has 4 heteroatoms. The maximum absolute atomic E-state index is 4.58. The number of hydrogen-bond acceptors (Lipinski definition) is 2. The smallest absolute Gasteiger partial charge is 0.793 e. The molecule has 7 heavy (non-hydrogen) atoms. The van der Waals surface area contributed by atoms with E-state index in [9.17, 15) is 0 Å². The van der Waals surface area contributed by atoms with Crippen LogP contribution in [0.15, 0.2) is 0 Å². The van der Waals surface area contributed by atoms with Crippen LogP contribution >= 0.6 is 0 Å². The molecular weight excluding hydrogens is 178 g/mol. The van der Waals surface area contributed by atoms with Crippen LogP contribution in [-0.4, -0.2) is 11.5 Å². The second-order valence-corrected chi connectivity index (χ2v) is 1.58. The number of hydrogen-bond donors (Lipinski definition) is 0. The Morgan fingerprint density at radius 2 is 1.14 bits per heavy atom. The van der Waals surface area contributed by atoms with Crippen LogP contribution in [0.1, 0.15) is 6.42 Å². The van der Waals surface area contributed by atoms with Crippen molar-refractivity contribution >= 4 is 25.3 Å². The van der Waals surface area contributed by atoms with Gasteiger partial charge in [-0.3, -0.25) is 0 Å². The first-order valence-electron chi connectivity index (χ1n) is 1.58. The second-order valence-electron chi connectivity index (χ2n) is 0.762. The zero-order chi connectivity index (χ0) is 4.12. The first kappa shape index (κ1) is 17.2. The van der Waals surface area contributed by atoms with Crippen molar-refractivity contribution in [1.82, 2.24) is 0 Å². The Labute approximate surface area is 142 Å². The molecule has 0 saturated carbocycles. The standard InChI is InChI=1S/C3H8S2.2K/c4-2-1-3-5;;/h4-5H,1-3H2;;/q;2*+1/p-2. The molecular formula is C3H6K2S2. The molecule has 0 rings (SSSR count). The fourth-order valence-electron chi connectivity index (χ4n) is 0.0589. The topological polar surface area (TPSA) is 0 Å². The van der Waals surface area contributed by atoms with Crippen LogP contribution in [-0.2, 0) is 25.3 Å². The van der Waals surface area contributed by atoms with Crippen molar-refractivity contribution in [2.24, 2.45) is 0 Å². The molecule has 0 spiro atoms. The van der Waals surface area contributed by atoms with Gasteiger partial charge in [-0.2, -0.15) is 11.5 Å². The van der Waals surface area contributed by atoms with Gasteiger partial charge in [0.25, 0.3) is 0 Å². The minimum absolute atomic E-state index is 0. The van der Waals surface area contributed by atoms with E-state index in [-0.39, 0.29) is 103 Å². The molecule has 0 heterocycles. The maximum Gasteiger partial charge on any atom is 1.00 e. The molecule has 0 fully saturated rings. The van der Waals surface area contributed by atoms with Gasteiger partial charge in [-0.1, -0.05) is 6.42 Å². The largest absolute Gasteiger partial charge is 1.00 e. The van der Waals surface area contributed by atoms with E-state index in [4.69, 9.17) is 0 Å². The van der Waals surface area contributed by atoms with Gasteiger partial charge in [-0.05, 0) is 0 Å². The quantitative estimate of drug-likeness (QED) is 0.310. The van der Waals surface area contributed by atoms with Gasteiger partial charge in [0.05, 0.1) is 0 Å². The second kappa shape index (κ2) is 16.5. The monoisotopic (exact) mass is 184 g/mol. The summed E-state index contributed by atoms with van der Waals surface area (Å²) < 4.78 is 0. The molecule has 0 aliphatic heterocycles. The van der Waals surface area contributed by atoms with Crippen molar-refractivity contribution in [3.63, 3.8) is 0 Å². The molecule has 0 aliphatic carbocycles. The predicted molar refractivity (Wildman–Crippen MR) is 29.1 cm³/mol. The van der Waals surface area contributed by atoms with E-state index in [1.807, 2.05) is 0 Å². The minimum Gasteiger partial charge on any atom is -0.793 e. The zero-order valence-corrected chi connectivity index (χ0v) is 12.8. The first-order chi connectivity index (χ1) is 2.41. The Bertz CT molecular complexity index is 18.4. The third-order valence-corrected chi connectivity index (χ3v) is 0.866. The molecule has 0 atom stereocenters. The molecule has 0 amide bonds. The summed E-state index contributed by atoms with van der Waals surface area (Å²) in [5.41, 5.74) is 0. The Hall–Kier alpha value is 3.97. The Morgan fingerprint density at radius 3 is 1.14 bits per heavy atom. The van der Waals surface area contributed by atoms with Gasteiger partial charge >= 0.3 is 103 Å². The molecule has 0 saturated heterocycles. The van der Waals surface area contributed by atoms with Gasteiger partial charge < -0.3 is 25.3 Å². The molecule has 0 aromatic heterocycles. The molecule has 0 aromatic carbocycles. The van der Waals surface area contributed by atoms with E-state index < -0.39 is 0 Å². The summed E-state index contributed by atoms with van der Waals surface area (Å²) in [7, 11) is 0. The molecule has 0 nitrogen and oxygen atoms in total. The van der Waals surface area contributed by atoms with Crippen LogP contribution in [0.2, 0.25) is 0 Å². The maximum atomic E-state index is 4.58. The molecule has 0 aromatic rings. The fraction of sp³-hybridized carbons (Fsp3) is 1.00. The molecule has 0 N–H and O–H groups in total. The van der Waals surface area contributed by atoms with Crippen molar-refractivity contribution in [3.8, 4) is 0 Å². The van der Waals surface area contributed by atoms with Crippen LogP contribution in [0.5, 0.6) is 0 Å². The summed E-state index contributed by atoms with van der Waals surface area (Å²) in [6.45, 7) is 0. The Kier molecular flexibility index (Phi) is 40.5. The molecule has 32 valence electrons. The Morgan fingerprint density at radius 1 is 0.857 bits per heavy atom. The van der Waals surface area contributed by atoms with Crippen molar-refractivity contribution in [2.45, 2.75) is 6.42 Å². The minimum atomic E-state index is 0. The van der Waals surface area contributed by atoms with Gasteiger partial charge in [-0.25, -0.2) is 0 Å². The van der Waals surface area contributed by atoms with E-state index in [1.165, 1.54) is 0 Å². The average molecular weight is 184 g/mol. The van der Waals surface area contributed by atoms with E-state index in [0.29, 0.717) is 0 Å². The normalized spacial score (nSPS) is 6.00. The zero-order valence-electron chi connectivity index (χ0n) is 4.94. The van der Waals surface area contributed by atoms with Gasteiger partial charge in [0, 0.05) is 0 Å². The summed E-state index contributed by atoms with van der Waals surface area (Å²) in [5.74, 6) is 1.65. The summed E-state index contributed by atoms with van der Waals surface area (Å²) >= 11 is 9.17. The van der Waals surface area contributed by atoms with Gasteiger partial charge in [0.1, 0.15) is 0 Å². The van der Waals surface area contributed by atoms with Crippen molar-refractivity contribution in [1.29, 1.82) is 0 Å². The molecule has 0 unspecified atom stereocenters. The van der Waals surface area contributed by atoms with E-state index in [1.54, 1.807) is 0 Å². The third kappa shape index (κ3) is 17.8. The van der Waals surface area contributed by atoms with E-state index >= 15 is 0 Å². The van der Waals surface area contributed by atoms with Crippen LogP contribution in [0.4, 0.5) is 0 Å². The molecule has 0 aliphatic rings. The van der Waals surface area contributed by atoms with Crippen molar-refractivity contribution in [2.75, 3.05) is 11.5 Å². The van der Waals surface area contributed by atoms with Crippen molar-refractivity contribution < 1.29 is 103 Å². The first-order valence-corrected chi connectivity index (χ1v) is 2.73. The van der Waals surface area contributed by atoms with Crippen molar-refractivity contribution in [3.05, 3.63) is 0 Å². The summed E-state index contributed by atoms with van der Waals surface area (Å²) in [5, 5.41) is 0. The van der Waals surface area contributed by atoms with E-state index in [2.05, 4.69) is 25.3 Å². The predicted octanol–water partition coefficient (Wildman–Crippen LogP) is -5.52. The summed E-state index contributed by atoms with van der Waals surface area (Å²) in [6.07, 6.45) is 1.02. The van der Waals surface area contributed by atoms with Crippen LogP contribution in [0, 0.1) is 0 Å². The van der Waals surface area contributed by atoms with Gasteiger partial charge in [0.15, 0.2) is 0 Å². The Balaban J connectivity index is -0.0000000800.